The van der Waals surface area contributed by atoms with Crippen molar-refractivity contribution in [2.75, 3.05) is 0 Å². The first-order valence-corrected chi connectivity index (χ1v) is 1.78. The summed E-state index contributed by atoms with van der Waals surface area (Å²) in [6, 6.07) is 0. The maximum Gasteiger partial charge on any atom is 0.510 e. The highest BCUT2D eigenvalue weighted by molar-refractivity contribution is 5.57. The SMILES string of the molecule is C/C=C/OC(=O)O.O. The van der Waals surface area contributed by atoms with Gasteiger partial charge < -0.3 is 15.3 Å². The average Bonchev–Trinajstić information content (AvgIpc) is 1.61. The Kier molecular flexibility index (Phi) is 7.51. The topological polar surface area (TPSA) is 78.0 Å². The van der Waals surface area contributed by atoms with Crippen LogP contribution in [0.4, 0.5) is 4.79 Å². The van der Waals surface area contributed by atoms with Gasteiger partial charge in [0.05, 0.1) is 6.26 Å². The standard InChI is InChI=1S/C4H6O3.H2O/c1-2-3-7-4(5)6;/h2-3H,1H3,(H,5,6);1H2/b3-2+;. The van der Waals surface area contributed by atoms with E-state index in [4.69, 9.17) is 5.11 Å². The van der Waals surface area contributed by atoms with Gasteiger partial charge >= 0.3 is 6.16 Å². The van der Waals surface area contributed by atoms with Crippen molar-refractivity contribution >= 4 is 6.16 Å². The van der Waals surface area contributed by atoms with Crippen molar-refractivity contribution in [2.45, 2.75) is 6.92 Å². The minimum atomic E-state index is -1.28. The second-order valence-corrected chi connectivity index (χ2v) is 0.853. The molecule has 8 heavy (non-hydrogen) atoms. The fraction of sp³-hybridized carbons (Fsp3) is 0.250. The van der Waals surface area contributed by atoms with Gasteiger partial charge in [0.25, 0.3) is 0 Å². The van der Waals surface area contributed by atoms with E-state index in [-0.39, 0.29) is 5.48 Å². The molecule has 0 aliphatic carbocycles. The summed E-state index contributed by atoms with van der Waals surface area (Å²) in [5, 5.41) is 7.77. The number of hydrogen-bond donors (Lipinski definition) is 1. The van der Waals surface area contributed by atoms with Gasteiger partial charge in [0.2, 0.25) is 0 Å². The summed E-state index contributed by atoms with van der Waals surface area (Å²) in [5.41, 5.74) is 0. The zero-order valence-electron chi connectivity index (χ0n) is 4.42. The third-order valence-electron chi connectivity index (χ3n) is 0.305. The zero-order valence-corrected chi connectivity index (χ0v) is 4.42. The highest BCUT2D eigenvalue weighted by Gasteiger charge is 1.85. The van der Waals surface area contributed by atoms with Crippen molar-refractivity contribution in [1.29, 1.82) is 0 Å². The monoisotopic (exact) mass is 120 g/mol. The molecule has 0 aromatic heterocycles. The van der Waals surface area contributed by atoms with E-state index < -0.39 is 6.16 Å². The summed E-state index contributed by atoms with van der Waals surface area (Å²) in [4.78, 5) is 9.48. The lowest BCUT2D eigenvalue weighted by Crippen LogP contribution is -1.90. The van der Waals surface area contributed by atoms with Crippen LogP contribution in [0.15, 0.2) is 12.3 Å². The lowest BCUT2D eigenvalue weighted by Gasteiger charge is -1.83. The number of hydrogen-bond acceptors (Lipinski definition) is 2. The van der Waals surface area contributed by atoms with Gasteiger partial charge in [-0.05, 0) is 6.92 Å². The average molecular weight is 120 g/mol. The zero-order chi connectivity index (χ0) is 5.70. The first kappa shape index (κ1) is 10.1. The Hall–Kier alpha value is -1.03. The van der Waals surface area contributed by atoms with Crippen molar-refractivity contribution in [1.82, 2.24) is 0 Å². The quantitative estimate of drug-likeness (QED) is 0.401. The number of rotatable bonds is 1. The van der Waals surface area contributed by atoms with E-state index in [9.17, 15) is 4.79 Å². The fourth-order valence-corrected chi connectivity index (χ4v) is 0.126. The molecule has 0 aliphatic heterocycles. The third-order valence-corrected chi connectivity index (χ3v) is 0.305. The molecule has 0 saturated heterocycles. The summed E-state index contributed by atoms with van der Waals surface area (Å²) in [6.07, 6.45) is 1.31. The van der Waals surface area contributed by atoms with Gasteiger partial charge in [-0.25, -0.2) is 4.79 Å². The molecule has 0 heterocycles. The number of carbonyl (C=O) groups is 1. The fourth-order valence-electron chi connectivity index (χ4n) is 0.126. The number of allylic oxidation sites excluding steroid dienone is 1. The number of carboxylic acid groups (broad SMARTS) is 1. The normalized spacial score (nSPS) is 8.12. The second-order valence-electron chi connectivity index (χ2n) is 0.853. The molecule has 0 aromatic rings. The van der Waals surface area contributed by atoms with Crippen LogP contribution in [0.1, 0.15) is 6.92 Å². The van der Waals surface area contributed by atoms with Gasteiger partial charge in [0, 0.05) is 0 Å². The molecular weight excluding hydrogens is 112 g/mol. The Balaban J connectivity index is 0. The van der Waals surface area contributed by atoms with Gasteiger partial charge in [-0.15, -0.1) is 0 Å². The van der Waals surface area contributed by atoms with Gasteiger partial charge in [0.15, 0.2) is 0 Å². The Morgan fingerprint density at radius 3 is 2.38 bits per heavy atom. The summed E-state index contributed by atoms with van der Waals surface area (Å²) in [5.74, 6) is 0. The van der Waals surface area contributed by atoms with Crippen LogP contribution in [-0.2, 0) is 4.74 Å². The van der Waals surface area contributed by atoms with E-state index in [0.717, 1.165) is 6.26 Å². The first-order chi connectivity index (χ1) is 3.27. The predicted octanol–water partition coefficient (Wildman–Crippen LogP) is 0.390. The van der Waals surface area contributed by atoms with Gasteiger partial charge in [-0.1, -0.05) is 6.08 Å². The summed E-state index contributed by atoms with van der Waals surface area (Å²) in [7, 11) is 0. The van der Waals surface area contributed by atoms with Crippen LogP contribution in [0.25, 0.3) is 0 Å². The summed E-state index contributed by atoms with van der Waals surface area (Å²) >= 11 is 0. The molecule has 0 atom stereocenters. The molecule has 0 aromatic carbocycles. The van der Waals surface area contributed by atoms with Crippen LogP contribution in [0.2, 0.25) is 0 Å². The maximum atomic E-state index is 9.48. The predicted molar refractivity (Wildman–Crippen MR) is 27.5 cm³/mol. The molecule has 0 rings (SSSR count). The van der Waals surface area contributed by atoms with Crippen molar-refractivity contribution in [2.24, 2.45) is 0 Å². The highest BCUT2D eigenvalue weighted by atomic mass is 16.7. The third kappa shape index (κ3) is 8.88. The molecule has 0 bridgehead atoms. The largest absolute Gasteiger partial charge is 0.510 e. The van der Waals surface area contributed by atoms with Crippen molar-refractivity contribution in [3.8, 4) is 0 Å². The van der Waals surface area contributed by atoms with E-state index in [1.165, 1.54) is 6.08 Å². The van der Waals surface area contributed by atoms with Crippen molar-refractivity contribution in [3.63, 3.8) is 0 Å². The van der Waals surface area contributed by atoms with Crippen LogP contribution >= 0.6 is 0 Å². The van der Waals surface area contributed by atoms with Gasteiger partial charge in [-0.3, -0.25) is 0 Å². The van der Waals surface area contributed by atoms with Crippen molar-refractivity contribution < 1.29 is 20.1 Å². The molecule has 0 amide bonds. The smallest absolute Gasteiger partial charge is 0.449 e. The second kappa shape index (κ2) is 5.97. The molecule has 0 fully saturated rings. The first-order valence-electron chi connectivity index (χ1n) is 1.78. The molecule has 0 radical (unpaired) electrons. The minimum Gasteiger partial charge on any atom is -0.449 e. The van der Waals surface area contributed by atoms with Crippen LogP contribution in [0.3, 0.4) is 0 Å². The Morgan fingerprint density at radius 2 is 2.25 bits per heavy atom. The maximum absolute atomic E-state index is 9.48. The van der Waals surface area contributed by atoms with E-state index in [0.29, 0.717) is 0 Å². The molecular formula is C4H8O4. The Bertz CT molecular complexity index is 86.0. The lowest BCUT2D eigenvalue weighted by molar-refractivity contribution is 0.128. The summed E-state index contributed by atoms with van der Waals surface area (Å²) in [6.45, 7) is 1.67. The van der Waals surface area contributed by atoms with Gasteiger partial charge in [-0.2, -0.15) is 0 Å². The molecule has 4 heteroatoms. The van der Waals surface area contributed by atoms with Crippen LogP contribution in [-0.4, -0.2) is 16.7 Å². The van der Waals surface area contributed by atoms with Crippen LogP contribution < -0.4 is 0 Å². The van der Waals surface area contributed by atoms with Crippen LogP contribution in [0, 0.1) is 0 Å². The van der Waals surface area contributed by atoms with Crippen LogP contribution in [0.5, 0.6) is 0 Å². The van der Waals surface area contributed by atoms with E-state index in [1.54, 1.807) is 6.92 Å². The Morgan fingerprint density at radius 1 is 1.75 bits per heavy atom. The van der Waals surface area contributed by atoms with Crippen molar-refractivity contribution in [3.05, 3.63) is 12.3 Å². The molecule has 0 unspecified atom stereocenters. The van der Waals surface area contributed by atoms with E-state index >= 15 is 0 Å². The molecule has 4 nitrogen and oxygen atoms in total. The molecule has 0 aliphatic rings. The lowest BCUT2D eigenvalue weighted by atomic mass is 10.7. The highest BCUT2D eigenvalue weighted by Crippen LogP contribution is 1.75. The Labute approximate surface area is 46.7 Å². The number of ether oxygens (including phenoxy) is 1. The molecule has 3 N–H and O–H groups in total. The van der Waals surface area contributed by atoms with Gasteiger partial charge in [0.1, 0.15) is 0 Å². The molecule has 0 spiro atoms. The van der Waals surface area contributed by atoms with E-state index in [1.807, 2.05) is 0 Å². The molecule has 0 saturated carbocycles. The minimum absolute atomic E-state index is 0. The summed E-state index contributed by atoms with van der Waals surface area (Å²) < 4.78 is 3.93. The molecule has 48 valence electrons. The van der Waals surface area contributed by atoms with E-state index in [2.05, 4.69) is 4.74 Å².